The molecule has 0 spiro atoms. The van der Waals surface area contributed by atoms with E-state index in [4.69, 9.17) is 5.14 Å². The van der Waals surface area contributed by atoms with Crippen LogP contribution in [0.1, 0.15) is 0 Å². The van der Waals surface area contributed by atoms with Crippen molar-refractivity contribution in [3.8, 4) is 0 Å². The van der Waals surface area contributed by atoms with E-state index in [9.17, 15) is 13.2 Å². The van der Waals surface area contributed by atoms with Crippen molar-refractivity contribution in [1.82, 2.24) is 4.57 Å². The topological polar surface area (TPSA) is 94.2 Å². The van der Waals surface area contributed by atoms with Gasteiger partial charge < -0.3 is 9.88 Å². The average molecular weight is 329 g/mol. The van der Waals surface area contributed by atoms with Crippen LogP contribution in [0.2, 0.25) is 0 Å². The molecule has 2 aromatic carbocycles. The first-order valence-corrected chi connectivity index (χ1v) is 8.45. The van der Waals surface area contributed by atoms with E-state index < -0.39 is 10.0 Å². The Morgan fingerprint density at radius 2 is 1.74 bits per heavy atom. The lowest BCUT2D eigenvalue weighted by molar-refractivity contribution is -0.116. The molecule has 3 rings (SSSR count). The van der Waals surface area contributed by atoms with Crippen molar-refractivity contribution < 1.29 is 13.2 Å². The first kappa shape index (κ1) is 15.3. The monoisotopic (exact) mass is 329 g/mol. The van der Waals surface area contributed by atoms with E-state index in [1.54, 1.807) is 0 Å². The summed E-state index contributed by atoms with van der Waals surface area (Å²) >= 11 is 0. The number of sulfonamides is 1. The normalized spacial score (nSPS) is 11.5. The molecular weight excluding hydrogens is 314 g/mol. The minimum atomic E-state index is -3.73. The minimum absolute atomic E-state index is 0.00639. The van der Waals surface area contributed by atoms with Gasteiger partial charge in [0.15, 0.2) is 0 Å². The molecule has 0 saturated carbocycles. The summed E-state index contributed by atoms with van der Waals surface area (Å²) in [5.74, 6) is -0.199. The maximum Gasteiger partial charge on any atom is 0.244 e. The van der Waals surface area contributed by atoms with E-state index >= 15 is 0 Å². The number of amides is 1. The van der Waals surface area contributed by atoms with Gasteiger partial charge >= 0.3 is 0 Å². The van der Waals surface area contributed by atoms with Gasteiger partial charge in [-0.3, -0.25) is 4.79 Å². The molecule has 23 heavy (non-hydrogen) atoms. The van der Waals surface area contributed by atoms with Crippen LogP contribution in [-0.2, 0) is 21.4 Å². The largest absolute Gasteiger partial charge is 0.338 e. The second-order valence-electron chi connectivity index (χ2n) is 5.12. The number of aromatic nitrogens is 1. The van der Waals surface area contributed by atoms with Crippen molar-refractivity contribution in [2.75, 3.05) is 5.32 Å². The zero-order valence-electron chi connectivity index (χ0n) is 12.1. The number of nitrogens with zero attached hydrogens (tertiary/aromatic N) is 1. The highest BCUT2D eigenvalue weighted by molar-refractivity contribution is 7.89. The molecule has 0 atom stereocenters. The summed E-state index contributed by atoms with van der Waals surface area (Å²) in [6.07, 6.45) is 1.86. The minimum Gasteiger partial charge on any atom is -0.338 e. The number of nitrogens with two attached hydrogens (primary N) is 1. The first-order valence-electron chi connectivity index (χ1n) is 6.90. The van der Waals surface area contributed by atoms with E-state index in [2.05, 4.69) is 5.32 Å². The Labute approximate surface area is 133 Å². The molecule has 3 N–H and O–H groups in total. The molecule has 0 aliphatic heterocycles. The molecule has 6 nitrogen and oxygen atoms in total. The summed E-state index contributed by atoms with van der Waals surface area (Å²) in [6.45, 7) is 0.171. The van der Waals surface area contributed by atoms with Crippen LogP contribution < -0.4 is 10.5 Å². The van der Waals surface area contributed by atoms with E-state index in [1.165, 1.54) is 24.3 Å². The predicted octanol–water partition coefficient (Wildman–Crippen LogP) is 1.93. The second kappa shape index (κ2) is 5.86. The molecule has 0 fully saturated rings. The third-order valence-corrected chi connectivity index (χ3v) is 4.39. The van der Waals surface area contributed by atoms with E-state index in [-0.39, 0.29) is 17.3 Å². The van der Waals surface area contributed by atoms with Gasteiger partial charge in [-0.05, 0) is 41.8 Å². The predicted molar refractivity (Wildman–Crippen MR) is 88.4 cm³/mol. The van der Waals surface area contributed by atoms with Crippen LogP contribution in [0.3, 0.4) is 0 Å². The highest BCUT2D eigenvalue weighted by Crippen LogP contribution is 2.16. The average Bonchev–Trinajstić information content (AvgIpc) is 2.90. The fourth-order valence-electron chi connectivity index (χ4n) is 2.36. The number of fused-ring (bicyclic) bond motifs is 1. The van der Waals surface area contributed by atoms with Gasteiger partial charge in [0, 0.05) is 17.4 Å². The van der Waals surface area contributed by atoms with Crippen LogP contribution in [-0.4, -0.2) is 18.9 Å². The Hall–Kier alpha value is -2.64. The summed E-state index contributed by atoms with van der Waals surface area (Å²) in [5.41, 5.74) is 1.49. The van der Waals surface area contributed by atoms with Gasteiger partial charge in [-0.15, -0.1) is 0 Å². The molecule has 0 saturated heterocycles. The Morgan fingerprint density at radius 1 is 1.04 bits per heavy atom. The Bertz CT molecular complexity index is 960. The van der Waals surface area contributed by atoms with Crippen LogP contribution in [0.5, 0.6) is 0 Å². The van der Waals surface area contributed by atoms with Crippen LogP contribution in [0.25, 0.3) is 10.9 Å². The van der Waals surface area contributed by atoms with E-state index in [1.807, 2.05) is 41.1 Å². The SMILES string of the molecule is NS(=O)(=O)c1ccc(NC(=O)Cn2ccc3ccccc32)cc1. The van der Waals surface area contributed by atoms with Crippen LogP contribution in [0.15, 0.2) is 65.7 Å². The van der Waals surface area contributed by atoms with Gasteiger partial charge in [-0.25, -0.2) is 13.6 Å². The molecule has 0 bridgehead atoms. The van der Waals surface area contributed by atoms with Crippen LogP contribution in [0.4, 0.5) is 5.69 Å². The molecule has 118 valence electrons. The van der Waals surface area contributed by atoms with Gasteiger partial charge in [0.25, 0.3) is 0 Å². The molecule has 7 heteroatoms. The number of carbonyl (C=O) groups is 1. The Balaban J connectivity index is 1.72. The van der Waals surface area contributed by atoms with Crippen LogP contribution in [0, 0.1) is 0 Å². The van der Waals surface area contributed by atoms with Gasteiger partial charge in [-0.1, -0.05) is 18.2 Å². The van der Waals surface area contributed by atoms with Gasteiger partial charge in [-0.2, -0.15) is 0 Å². The van der Waals surface area contributed by atoms with E-state index in [0.717, 1.165) is 10.9 Å². The Morgan fingerprint density at radius 3 is 2.43 bits per heavy atom. The van der Waals surface area contributed by atoms with Crippen molar-refractivity contribution >= 4 is 32.5 Å². The lowest BCUT2D eigenvalue weighted by Crippen LogP contribution is -2.18. The quantitative estimate of drug-likeness (QED) is 0.766. The summed E-state index contributed by atoms with van der Waals surface area (Å²) in [7, 11) is -3.73. The fraction of sp³-hybridized carbons (Fsp3) is 0.0625. The molecule has 3 aromatic rings. The van der Waals surface area contributed by atoms with Gasteiger partial charge in [0.2, 0.25) is 15.9 Å². The number of para-hydroxylation sites is 1. The maximum atomic E-state index is 12.1. The molecule has 0 unspecified atom stereocenters. The lowest BCUT2D eigenvalue weighted by atomic mass is 10.2. The highest BCUT2D eigenvalue weighted by atomic mass is 32.2. The number of hydrogen-bond acceptors (Lipinski definition) is 3. The van der Waals surface area contributed by atoms with Crippen molar-refractivity contribution in [3.63, 3.8) is 0 Å². The summed E-state index contributed by atoms with van der Waals surface area (Å²) in [5, 5.41) is 8.83. The standard InChI is InChI=1S/C16H15N3O3S/c17-23(21,22)14-7-5-13(6-8-14)18-16(20)11-19-10-9-12-3-1-2-4-15(12)19/h1-10H,11H2,(H,18,20)(H2,17,21,22). The lowest BCUT2D eigenvalue weighted by Gasteiger charge is -2.08. The van der Waals surface area contributed by atoms with Gasteiger partial charge in [0.05, 0.1) is 4.90 Å². The smallest absolute Gasteiger partial charge is 0.244 e. The molecule has 1 heterocycles. The molecule has 1 amide bonds. The third-order valence-electron chi connectivity index (χ3n) is 3.46. The molecule has 0 radical (unpaired) electrons. The van der Waals surface area contributed by atoms with Crippen molar-refractivity contribution in [1.29, 1.82) is 0 Å². The summed E-state index contributed by atoms with van der Waals surface area (Å²) in [4.78, 5) is 12.1. The molecule has 0 aliphatic rings. The van der Waals surface area contributed by atoms with Crippen molar-refractivity contribution in [3.05, 3.63) is 60.8 Å². The highest BCUT2D eigenvalue weighted by Gasteiger charge is 2.09. The van der Waals surface area contributed by atoms with Gasteiger partial charge in [0.1, 0.15) is 6.54 Å². The summed E-state index contributed by atoms with van der Waals surface area (Å²) < 4.78 is 24.2. The first-order chi connectivity index (χ1) is 10.9. The number of nitrogens with one attached hydrogen (secondary N) is 1. The molecular formula is C16H15N3O3S. The number of anilines is 1. The maximum absolute atomic E-state index is 12.1. The van der Waals surface area contributed by atoms with E-state index in [0.29, 0.717) is 5.69 Å². The zero-order chi connectivity index (χ0) is 16.4. The number of benzene rings is 2. The molecule has 1 aromatic heterocycles. The Kier molecular flexibility index (Phi) is 3.89. The van der Waals surface area contributed by atoms with Crippen molar-refractivity contribution in [2.24, 2.45) is 5.14 Å². The number of carbonyl (C=O) groups excluding carboxylic acids is 1. The summed E-state index contributed by atoms with van der Waals surface area (Å²) in [6, 6.07) is 15.5. The number of rotatable bonds is 4. The van der Waals surface area contributed by atoms with Crippen molar-refractivity contribution in [2.45, 2.75) is 11.4 Å². The second-order valence-corrected chi connectivity index (χ2v) is 6.68. The third kappa shape index (κ3) is 3.41. The molecule has 0 aliphatic carbocycles. The number of primary sulfonamides is 1. The van der Waals surface area contributed by atoms with Crippen LogP contribution >= 0.6 is 0 Å². The fourth-order valence-corrected chi connectivity index (χ4v) is 2.88. The number of hydrogen-bond donors (Lipinski definition) is 2. The zero-order valence-corrected chi connectivity index (χ0v) is 13.0.